The number of nitrogens with one attached hydrogen (secondary N) is 1. The first-order valence-electron chi connectivity index (χ1n) is 11.2. The molecule has 1 saturated heterocycles. The summed E-state index contributed by atoms with van der Waals surface area (Å²) in [5.41, 5.74) is 0.985. The Labute approximate surface area is 178 Å². The third-order valence-electron chi connectivity index (χ3n) is 6.65. The SMILES string of the molecule is CCCN(CCC)C(=O)NC(Cc1ccccc1)N1C(=O)C2C3C=CC(C3)C2C1=O. The van der Waals surface area contributed by atoms with Gasteiger partial charge >= 0.3 is 6.03 Å². The van der Waals surface area contributed by atoms with E-state index in [0.717, 1.165) is 24.8 Å². The van der Waals surface area contributed by atoms with Crippen LogP contribution in [0.1, 0.15) is 38.7 Å². The second kappa shape index (κ2) is 8.62. The number of carbonyl (C=O) groups is 3. The first-order chi connectivity index (χ1) is 14.5. The van der Waals surface area contributed by atoms with Crippen LogP contribution in [0.15, 0.2) is 42.5 Å². The summed E-state index contributed by atoms with van der Waals surface area (Å²) in [6, 6.07) is 9.51. The zero-order valence-corrected chi connectivity index (χ0v) is 17.8. The molecule has 1 heterocycles. The van der Waals surface area contributed by atoms with Gasteiger partial charge in [0.1, 0.15) is 6.17 Å². The molecule has 6 nitrogen and oxygen atoms in total. The Hall–Kier alpha value is -2.63. The molecule has 0 aromatic heterocycles. The minimum absolute atomic E-state index is 0.124. The van der Waals surface area contributed by atoms with Crippen molar-refractivity contribution in [2.24, 2.45) is 23.7 Å². The summed E-state index contributed by atoms with van der Waals surface area (Å²) < 4.78 is 0. The van der Waals surface area contributed by atoms with Crippen molar-refractivity contribution in [2.75, 3.05) is 13.1 Å². The Morgan fingerprint density at radius 3 is 2.13 bits per heavy atom. The monoisotopic (exact) mass is 409 g/mol. The Kier molecular flexibility index (Phi) is 5.93. The van der Waals surface area contributed by atoms with E-state index >= 15 is 0 Å². The van der Waals surface area contributed by atoms with Crippen LogP contribution in [0.4, 0.5) is 4.79 Å². The molecular formula is C24H31N3O3. The number of hydrogen-bond acceptors (Lipinski definition) is 3. The highest BCUT2D eigenvalue weighted by Gasteiger charge is 2.60. The van der Waals surface area contributed by atoms with Crippen molar-refractivity contribution in [1.82, 2.24) is 15.1 Å². The molecule has 5 atom stereocenters. The molecule has 5 unspecified atom stereocenters. The first kappa shape index (κ1) is 20.6. The second-order valence-electron chi connectivity index (χ2n) is 8.69. The highest BCUT2D eigenvalue weighted by Crippen LogP contribution is 2.52. The molecule has 1 aliphatic heterocycles. The number of likely N-dealkylation sites (tertiary alicyclic amines) is 1. The third-order valence-corrected chi connectivity index (χ3v) is 6.65. The molecule has 3 aliphatic rings. The smallest absolute Gasteiger partial charge is 0.319 e. The molecule has 160 valence electrons. The first-order valence-corrected chi connectivity index (χ1v) is 11.2. The molecule has 1 aromatic carbocycles. The molecule has 6 heteroatoms. The number of urea groups is 1. The summed E-state index contributed by atoms with van der Waals surface area (Å²) in [6.07, 6.45) is 6.55. The van der Waals surface area contributed by atoms with E-state index in [2.05, 4.69) is 17.5 Å². The maximum Gasteiger partial charge on any atom is 0.319 e. The van der Waals surface area contributed by atoms with E-state index in [0.29, 0.717) is 19.5 Å². The zero-order chi connectivity index (χ0) is 21.3. The van der Waals surface area contributed by atoms with Gasteiger partial charge in [0, 0.05) is 19.5 Å². The average Bonchev–Trinajstić information content (AvgIpc) is 3.42. The van der Waals surface area contributed by atoms with E-state index < -0.39 is 6.17 Å². The Bertz CT molecular complexity index is 801. The molecule has 2 fully saturated rings. The molecule has 0 spiro atoms. The molecule has 2 aliphatic carbocycles. The number of benzene rings is 1. The van der Waals surface area contributed by atoms with Gasteiger partial charge in [-0.05, 0) is 36.7 Å². The molecular weight excluding hydrogens is 378 g/mol. The normalized spacial score (nSPS) is 27.5. The molecule has 1 saturated carbocycles. The van der Waals surface area contributed by atoms with Gasteiger partial charge in [0.05, 0.1) is 11.8 Å². The quantitative estimate of drug-likeness (QED) is 0.530. The number of imide groups is 1. The van der Waals surface area contributed by atoms with Crippen LogP contribution in [-0.4, -0.2) is 46.9 Å². The van der Waals surface area contributed by atoms with Crippen molar-refractivity contribution in [3.63, 3.8) is 0 Å². The van der Waals surface area contributed by atoms with E-state index in [9.17, 15) is 14.4 Å². The van der Waals surface area contributed by atoms with Crippen molar-refractivity contribution >= 4 is 17.8 Å². The van der Waals surface area contributed by atoms with Crippen molar-refractivity contribution < 1.29 is 14.4 Å². The lowest BCUT2D eigenvalue weighted by atomic mass is 9.85. The van der Waals surface area contributed by atoms with Gasteiger partial charge in [-0.1, -0.05) is 56.3 Å². The van der Waals surface area contributed by atoms with Gasteiger partial charge in [-0.3, -0.25) is 14.5 Å². The maximum absolute atomic E-state index is 13.3. The van der Waals surface area contributed by atoms with Gasteiger partial charge in [-0.2, -0.15) is 0 Å². The molecule has 4 amide bonds. The number of amides is 4. The van der Waals surface area contributed by atoms with E-state index in [-0.39, 0.29) is 41.5 Å². The predicted molar refractivity (Wildman–Crippen MR) is 114 cm³/mol. The predicted octanol–water partition coefficient (Wildman–Crippen LogP) is 3.19. The molecule has 2 bridgehead atoms. The fourth-order valence-electron chi connectivity index (χ4n) is 5.37. The summed E-state index contributed by atoms with van der Waals surface area (Å²) in [5, 5.41) is 3.03. The number of allylic oxidation sites excluding steroid dienone is 2. The molecule has 1 N–H and O–H groups in total. The zero-order valence-electron chi connectivity index (χ0n) is 17.8. The Balaban J connectivity index is 1.58. The van der Waals surface area contributed by atoms with Crippen molar-refractivity contribution in [1.29, 1.82) is 0 Å². The van der Waals surface area contributed by atoms with E-state index in [1.807, 2.05) is 44.2 Å². The average molecular weight is 410 g/mol. The van der Waals surface area contributed by atoms with E-state index in [4.69, 9.17) is 0 Å². The van der Waals surface area contributed by atoms with Crippen molar-refractivity contribution in [3.8, 4) is 0 Å². The van der Waals surface area contributed by atoms with Gasteiger partial charge < -0.3 is 10.2 Å². The fourth-order valence-corrected chi connectivity index (χ4v) is 5.37. The van der Waals surface area contributed by atoms with Gasteiger partial charge in [-0.15, -0.1) is 0 Å². The summed E-state index contributed by atoms with van der Waals surface area (Å²) in [6.45, 7) is 5.38. The summed E-state index contributed by atoms with van der Waals surface area (Å²) in [5.74, 6) is -0.450. The van der Waals surface area contributed by atoms with Crippen LogP contribution in [0.3, 0.4) is 0 Å². The van der Waals surface area contributed by atoms with Crippen LogP contribution >= 0.6 is 0 Å². The topological polar surface area (TPSA) is 69.7 Å². The number of fused-ring (bicyclic) bond motifs is 5. The third kappa shape index (κ3) is 3.64. The van der Waals surface area contributed by atoms with Crippen LogP contribution in [0.25, 0.3) is 0 Å². The van der Waals surface area contributed by atoms with Crippen LogP contribution in [-0.2, 0) is 16.0 Å². The number of carbonyl (C=O) groups excluding carboxylic acids is 3. The summed E-state index contributed by atoms with van der Waals surface area (Å²) >= 11 is 0. The highest BCUT2D eigenvalue weighted by molar-refractivity contribution is 6.07. The summed E-state index contributed by atoms with van der Waals surface area (Å²) in [4.78, 5) is 42.8. The fraction of sp³-hybridized carbons (Fsp3) is 0.542. The molecule has 4 rings (SSSR count). The minimum atomic E-state index is -0.666. The van der Waals surface area contributed by atoms with Crippen LogP contribution in [0.2, 0.25) is 0 Å². The van der Waals surface area contributed by atoms with Gasteiger partial charge in [0.15, 0.2) is 0 Å². The lowest BCUT2D eigenvalue weighted by Crippen LogP contribution is -2.56. The maximum atomic E-state index is 13.3. The van der Waals surface area contributed by atoms with Crippen molar-refractivity contribution in [2.45, 2.75) is 45.7 Å². The Morgan fingerprint density at radius 2 is 1.60 bits per heavy atom. The minimum Gasteiger partial charge on any atom is -0.325 e. The second-order valence-corrected chi connectivity index (χ2v) is 8.69. The number of rotatable bonds is 8. The van der Waals surface area contributed by atoms with E-state index in [1.165, 1.54) is 4.90 Å². The standard InChI is InChI=1S/C24H31N3O3/c1-3-12-26(13-4-2)24(30)25-19(14-16-8-6-5-7-9-16)27-22(28)20-17-10-11-18(15-17)21(20)23(27)29/h5-11,17-21H,3-4,12-15H2,1-2H3,(H,25,30). The van der Waals surface area contributed by atoms with Crippen LogP contribution < -0.4 is 5.32 Å². The van der Waals surface area contributed by atoms with Gasteiger partial charge in [0.25, 0.3) is 0 Å². The largest absolute Gasteiger partial charge is 0.325 e. The van der Waals surface area contributed by atoms with Crippen LogP contribution in [0.5, 0.6) is 0 Å². The molecule has 30 heavy (non-hydrogen) atoms. The van der Waals surface area contributed by atoms with Gasteiger partial charge in [-0.25, -0.2) is 4.79 Å². The van der Waals surface area contributed by atoms with E-state index in [1.54, 1.807) is 4.90 Å². The lowest BCUT2D eigenvalue weighted by molar-refractivity contribution is -0.143. The van der Waals surface area contributed by atoms with Crippen molar-refractivity contribution in [3.05, 3.63) is 48.0 Å². The Morgan fingerprint density at radius 1 is 1.03 bits per heavy atom. The number of hydrogen-bond donors (Lipinski definition) is 1. The van der Waals surface area contributed by atoms with Crippen LogP contribution in [0, 0.1) is 23.7 Å². The molecule has 1 aromatic rings. The summed E-state index contributed by atoms with van der Waals surface area (Å²) in [7, 11) is 0. The number of nitrogens with zero attached hydrogens (tertiary/aromatic N) is 2. The molecule has 0 radical (unpaired) electrons. The lowest BCUT2D eigenvalue weighted by Gasteiger charge is -2.31. The highest BCUT2D eigenvalue weighted by atomic mass is 16.2. The van der Waals surface area contributed by atoms with Gasteiger partial charge in [0.2, 0.25) is 11.8 Å².